The average molecular weight is 381 g/mol. The van der Waals surface area contributed by atoms with Gasteiger partial charge in [-0.3, -0.25) is 10.1 Å². The summed E-state index contributed by atoms with van der Waals surface area (Å²) in [4.78, 5) is 18.9. The molecular weight excluding hydrogens is 362 g/mol. The van der Waals surface area contributed by atoms with Gasteiger partial charge in [0.15, 0.2) is 0 Å². The van der Waals surface area contributed by atoms with Crippen molar-refractivity contribution in [2.45, 2.75) is 12.5 Å². The molecule has 1 atom stereocenters. The molecule has 138 valence electrons. The maximum Gasteiger partial charge on any atom is 0.259 e. The van der Waals surface area contributed by atoms with Crippen molar-refractivity contribution in [2.75, 3.05) is 29.9 Å². The van der Waals surface area contributed by atoms with E-state index in [2.05, 4.69) is 44.5 Å². The summed E-state index contributed by atoms with van der Waals surface area (Å²) in [6.07, 6.45) is 1.58. The molecule has 3 heterocycles. The van der Waals surface area contributed by atoms with Crippen molar-refractivity contribution in [3.05, 3.63) is 65.3 Å². The lowest BCUT2D eigenvalue weighted by atomic mass is 9.94. The number of nitrogens with zero attached hydrogens (tertiary/aromatic N) is 4. The van der Waals surface area contributed by atoms with Crippen LogP contribution in [0.5, 0.6) is 0 Å². The number of nitrogens with one attached hydrogen (secondary N) is 1. The minimum Gasteiger partial charge on any atom is -0.367 e. The third-order valence-electron chi connectivity index (χ3n) is 4.57. The van der Waals surface area contributed by atoms with Crippen LogP contribution < -0.4 is 10.2 Å². The van der Waals surface area contributed by atoms with Gasteiger partial charge in [-0.1, -0.05) is 41.7 Å². The molecule has 4 rings (SSSR count). The van der Waals surface area contributed by atoms with Crippen molar-refractivity contribution in [1.29, 1.82) is 0 Å². The van der Waals surface area contributed by atoms with E-state index in [1.165, 1.54) is 11.3 Å². The lowest BCUT2D eigenvalue weighted by Gasteiger charge is -2.41. The average Bonchev–Trinajstić information content (AvgIpc) is 3.22. The first-order valence-corrected chi connectivity index (χ1v) is 9.50. The SMILES string of the molecule is CC1(c2ccccc2)CN(c2ccc(C(=O)Nc3nncs3)cn2)CCO1. The van der Waals surface area contributed by atoms with Crippen molar-refractivity contribution in [1.82, 2.24) is 15.2 Å². The Morgan fingerprint density at radius 3 is 2.81 bits per heavy atom. The van der Waals surface area contributed by atoms with E-state index in [-0.39, 0.29) is 5.91 Å². The van der Waals surface area contributed by atoms with Gasteiger partial charge in [-0.05, 0) is 24.6 Å². The summed E-state index contributed by atoms with van der Waals surface area (Å²) in [6, 6.07) is 13.8. The number of carbonyl (C=O) groups excluding carboxylic acids is 1. The molecule has 8 heteroatoms. The normalized spacial score (nSPS) is 19.7. The molecule has 0 spiro atoms. The van der Waals surface area contributed by atoms with Crippen LogP contribution in [0, 0.1) is 0 Å². The summed E-state index contributed by atoms with van der Waals surface area (Å²) < 4.78 is 6.08. The zero-order valence-corrected chi connectivity index (χ0v) is 15.6. The molecule has 0 saturated carbocycles. The van der Waals surface area contributed by atoms with Crippen molar-refractivity contribution in [3.8, 4) is 0 Å². The van der Waals surface area contributed by atoms with E-state index in [0.717, 1.165) is 17.9 Å². The van der Waals surface area contributed by atoms with E-state index in [4.69, 9.17) is 4.74 Å². The fourth-order valence-corrected chi connectivity index (χ4v) is 3.58. The summed E-state index contributed by atoms with van der Waals surface area (Å²) in [5, 5.41) is 10.7. The standard InChI is InChI=1S/C19H19N5O2S/c1-19(15-5-3-2-4-6-15)12-24(9-10-26-19)16-8-7-14(11-20-16)17(25)22-18-23-21-13-27-18/h2-8,11,13H,9-10,12H2,1H3,(H,22,23,25). The molecule has 0 aliphatic carbocycles. The molecule has 7 nitrogen and oxygen atoms in total. The number of amides is 1. The first-order valence-electron chi connectivity index (χ1n) is 8.62. The van der Waals surface area contributed by atoms with Gasteiger partial charge >= 0.3 is 0 Å². The number of aromatic nitrogens is 3. The molecule has 3 aromatic rings. The lowest BCUT2D eigenvalue weighted by Crippen LogP contribution is -2.48. The van der Waals surface area contributed by atoms with Gasteiger partial charge in [-0.15, -0.1) is 10.2 Å². The minimum absolute atomic E-state index is 0.248. The molecule has 1 aliphatic rings. The summed E-state index contributed by atoms with van der Waals surface area (Å²) in [5.41, 5.74) is 2.80. The first-order chi connectivity index (χ1) is 13.1. The Morgan fingerprint density at radius 1 is 1.26 bits per heavy atom. The second-order valence-electron chi connectivity index (χ2n) is 6.47. The quantitative estimate of drug-likeness (QED) is 0.748. The highest BCUT2D eigenvalue weighted by molar-refractivity contribution is 7.13. The number of hydrogen-bond donors (Lipinski definition) is 1. The van der Waals surface area contributed by atoms with Gasteiger partial charge in [0.2, 0.25) is 5.13 Å². The first kappa shape index (κ1) is 17.6. The number of morpholine rings is 1. The maximum absolute atomic E-state index is 12.2. The Kier molecular flexibility index (Phi) is 4.83. The highest BCUT2D eigenvalue weighted by Gasteiger charge is 2.34. The zero-order chi connectivity index (χ0) is 18.7. The second kappa shape index (κ2) is 7.42. The van der Waals surface area contributed by atoms with Crippen molar-refractivity contribution < 1.29 is 9.53 Å². The van der Waals surface area contributed by atoms with Crippen LogP contribution in [0.25, 0.3) is 0 Å². The number of benzene rings is 1. The van der Waals surface area contributed by atoms with E-state index < -0.39 is 5.60 Å². The smallest absolute Gasteiger partial charge is 0.259 e. The Morgan fingerprint density at radius 2 is 2.11 bits per heavy atom. The van der Waals surface area contributed by atoms with Crippen LogP contribution in [0.1, 0.15) is 22.8 Å². The number of ether oxygens (including phenoxy) is 1. The van der Waals surface area contributed by atoms with Gasteiger partial charge in [0.25, 0.3) is 5.91 Å². The molecule has 1 N–H and O–H groups in total. The number of carbonyl (C=O) groups is 1. The van der Waals surface area contributed by atoms with Gasteiger partial charge in [0, 0.05) is 12.7 Å². The summed E-state index contributed by atoms with van der Waals surface area (Å²) in [6.45, 7) is 4.16. The minimum atomic E-state index is -0.394. The molecular formula is C19H19N5O2S. The van der Waals surface area contributed by atoms with Crippen LogP contribution in [0.15, 0.2) is 54.2 Å². The Labute approximate surface area is 161 Å². The van der Waals surface area contributed by atoms with Crippen LogP contribution in [0.3, 0.4) is 0 Å². The lowest BCUT2D eigenvalue weighted by molar-refractivity contribution is -0.0468. The maximum atomic E-state index is 12.2. The van der Waals surface area contributed by atoms with E-state index >= 15 is 0 Å². The third-order valence-corrected chi connectivity index (χ3v) is 5.18. The van der Waals surface area contributed by atoms with Crippen molar-refractivity contribution in [2.24, 2.45) is 0 Å². The van der Waals surface area contributed by atoms with Crippen LogP contribution in [0.2, 0.25) is 0 Å². The summed E-state index contributed by atoms with van der Waals surface area (Å²) in [5.74, 6) is 0.579. The van der Waals surface area contributed by atoms with E-state index in [1.807, 2.05) is 24.3 Å². The Balaban J connectivity index is 1.48. The number of rotatable bonds is 4. The molecule has 0 bridgehead atoms. The molecule has 0 radical (unpaired) electrons. The molecule has 1 saturated heterocycles. The molecule has 27 heavy (non-hydrogen) atoms. The largest absolute Gasteiger partial charge is 0.367 e. The molecule has 1 fully saturated rings. The van der Waals surface area contributed by atoms with E-state index in [1.54, 1.807) is 17.8 Å². The highest BCUT2D eigenvalue weighted by Crippen LogP contribution is 2.31. The van der Waals surface area contributed by atoms with Crippen molar-refractivity contribution >= 4 is 28.2 Å². The molecule has 1 aliphatic heterocycles. The van der Waals surface area contributed by atoms with Crippen LogP contribution in [0.4, 0.5) is 10.9 Å². The monoisotopic (exact) mass is 381 g/mol. The van der Waals surface area contributed by atoms with Gasteiger partial charge in [0.1, 0.15) is 16.9 Å². The Bertz CT molecular complexity index is 902. The number of anilines is 2. The second-order valence-corrected chi connectivity index (χ2v) is 7.30. The predicted octanol–water partition coefficient (Wildman–Crippen LogP) is 2.94. The molecule has 1 amide bonds. The van der Waals surface area contributed by atoms with Crippen molar-refractivity contribution in [3.63, 3.8) is 0 Å². The van der Waals surface area contributed by atoms with Crippen LogP contribution in [-0.2, 0) is 10.3 Å². The molecule has 1 aromatic carbocycles. The molecule has 2 aromatic heterocycles. The highest BCUT2D eigenvalue weighted by atomic mass is 32.1. The van der Waals surface area contributed by atoms with Gasteiger partial charge in [-0.2, -0.15) is 0 Å². The third kappa shape index (κ3) is 3.81. The molecule has 1 unspecified atom stereocenters. The van der Waals surface area contributed by atoms with E-state index in [0.29, 0.717) is 23.8 Å². The number of pyridine rings is 1. The van der Waals surface area contributed by atoms with Gasteiger partial charge < -0.3 is 9.64 Å². The summed E-state index contributed by atoms with van der Waals surface area (Å²) >= 11 is 1.27. The fraction of sp³-hybridized carbons (Fsp3) is 0.263. The van der Waals surface area contributed by atoms with E-state index in [9.17, 15) is 4.79 Å². The number of hydrogen-bond acceptors (Lipinski definition) is 7. The van der Waals surface area contributed by atoms with Gasteiger partial charge in [-0.25, -0.2) is 4.98 Å². The fourth-order valence-electron chi connectivity index (χ4n) is 3.14. The predicted molar refractivity (Wildman–Crippen MR) is 104 cm³/mol. The summed E-state index contributed by atoms with van der Waals surface area (Å²) in [7, 11) is 0. The van der Waals surface area contributed by atoms with Crippen LogP contribution in [-0.4, -0.2) is 40.8 Å². The topological polar surface area (TPSA) is 80.2 Å². The van der Waals surface area contributed by atoms with Crippen LogP contribution >= 0.6 is 11.3 Å². The zero-order valence-electron chi connectivity index (χ0n) is 14.8. The van der Waals surface area contributed by atoms with Gasteiger partial charge in [0.05, 0.1) is 18.7 Å². The Hall–Kier alpha value is -2.84.